The maximum absolute atomic E-state index is 7.91. The second kappa shape index (κ2) is 11.4. The summed E-state index contributed by atoms with van der Waals surface area (Å²) in [5.74, 6) is 0. The molecule has 0 aromatic heterocycles. The Morgan fingerprint density at radius 3 is 2.00 bits per heavy atom. The van der Waals surface area contributed by atoms with Gasteiger partial charge in [-0.15, -0.1) is 0 Å². The number of nitrogens with zero attached hydrogens (tertiary/aromatic N) is 3. The van der Waals surface area contributed by atoms with Gasteiger partial charge in [0.05, 0.1) is 0 Å². The third-order valence-electron chi connectivity index (χ3n) is 1.57. The van der Waals surface area contributed by atoms with E-state index in [-0.39, 0.29) is 16.0 Å². The molecule has 1 rings (SSSR count). The molecule has 1 heterocycles. The van der Waals surface area contributed by atoms with Gasteiger partial charge in [0.1, 0.15) is 0 Å². The zero-order valence-electron chi connectivity index (χ0n) is 7.59. The summed E-state index contributed by atoms with van der Waals surface area (Å²) in [5.41, 5.74) is 5.36. The van der Waals surface area contributed by atoms with Crippen LogP contribution in [0.3, 0.4) is 0 Å². The van der Waals surface area contributed by atoms with E-state index in [9.17, 15) is 0 Å². The molecule has 0 amide bonds. The summed E-state index contributed by atoms with van der Waals surface area (Å²) >= 11 is -0.272. The van der Waals surface area contributed by atoms with Crippen LogP contribution in [0.25, 0.3) is 0 Å². The summed E-state index contributed by atoms with van der Waals surface area (Å²) < 4.78 is 0. The van der Waals surface area contributed by atoms with Crippen molar-refractivity contribution in [3.63, 3.8) is 0 Å². The Hall–Kier alpha value is 0.288. The minimum atomic E-state index is -0.272. The first-order chi connectivity index (χ1) is 6.85. The summed E-state index contributed by atoms with van der Waals surface area (Å²) in [7, 11) is 2.38. The zero-order valence-corrected chi connectivity index (χ0v) is 11.5. The van der Waals surface area contributed by atoms with Crippen molar-refractivity contribution in [2.24, 2.45) is 5.73 Å². The maximum atomic E-state index is 7.91. The van der Waals surface area contributed by atoms with Crippen LogP contribution >= 0.6 is 18.9 Å². The van der Waals surface area contributed by atoms with Crippen molar-refractivity contribution in [3.8, 4) is 10.8 Å². The van der Waals surface area contributed by atoms with E-state index in [1.165, 1.54) is 44.9 Å². The van der Waals surface area contributed by atoms with Crippen LogP contribution in [0.5, 0.6) is 0 Å². The fourth-order valence-electron chi connectivity index (χ4n) is 1.00. The smallest absolute Gasteiger partial charge is 0.0455 e. The van der Waals surface area contributed by atoms with E-state index in [0.29, 0.717) is 0 Å². The molecule has 1 saturated heterocycles. The molecule has 0 spiro atoms. The molecule has 0 saturated carbocycles. The largest absolute Gasteiger partial charge is 0.318 e. The summed E-state index contributed by atoms with van der Waals surface area (Å²) in [6.07, 6.45) is 2.69. The zero-order chi connectivity index (χ0) is 10.6. The van der Waals surface area contributed by atoms with Gasteiger partial charge in [0.25, 0.3) is 0 Å². The number of nitriles is 2. The van der Waals surface area contributed by atoms with Crippen molar-refractivity contribution in [2.75, 3.05) is 19.8 Å². The average Bonchev–Trinajstić information content (AvgIpc) is 2.72. The summed E-state index contributed by atoms with van der Waals surface area (Å²) in [6.45, 7) is 3.19. The monoisotopic (exact) mass is 411 g/mol. The molecule has 82 valence electrons. The molecule has 0 aliphatic carbocycles. The van der Waals surface area contributed by atoms with Crippen LogP contribution in [0.4, 0.5) is 0 Å². The van der Waals surface area contributed by atoms with Gasteiger partial charge in [-0.05, 0) is 25.9 Å². The number of hydrogen-bond acceptors (Lipinski definition) is 6. The second-order valence-electron chi connectivity index (χ2n) is 2.37. The van der Waals surface area contributed by atoms with Crippen molar-refractivity contribution >= 4 is 18.9 Å². The fraction of sp³-hybridized carbons (Fsp3) is 0.714. The molecule has 7 heteroatoms. The molecule has 14 heavy (non-hydrogen) atoms. The molecule has 0 atom stereocenters. The molecular formula is C7H12N4PtS2. The van der Waals surface area contributed by atoms with Crippen molar-refractivity contribution in [2.45, 2.75) is 12.8 Å². The Balaban J connectivity index is 0.000000241. The number of nitrogens with two attached hydrogens (primary N) is 1. The summed E-state index contributed by atoms with van der Waals surface area (Å²) in [4.78, 5) is 2.26. The van der Waals surface area contributed by atoms with Gasteiger partial charge in [0, 0.05) is 6.67 Å². The average molecular weight is 411 g/mol. The second-order valence-corrected chi connectivity index (χ2v) is 9.61. The van der Waals surface area contributed by atoms with Crippen LogP contribution in [0.2, 0.25) is 0 Å². The van der Waals surface area contributed by atoms with Gasteiger partial charge in [-0.25, -0.2) is 0 Å². The number of rotatable bonds is 3. The topological polar surface area (TPSA) is 76.8 Å². The first-order valence-corrected chi connectivity index (χ1v) is 10.9. The number of thiocyanates is 2. The molecule has 1 aliphatic rings. The van der Waals surface area contributed by atoms with Crippen molar-refractivity contribution in [3.05, 3.63) is 0 Å². The van der Waals surface area contributed by atoms with Crippen molar-refractivity contribution in [1.82, 2.24) is 4.90 Å². The van der Waals surface area contributed by atoms with Crippen LogP contribution in [0.15, 0.2) is 0 Å². The quantitative estimate of drug-likeness (QED) is 0.558. The predicted molar refractivity (Wildman–Crippen MR) is 56.3 cm³/mol. The minimum Gasteiger partial charge on any atom is -0.318 e. The van der Waals surface area contributed by atoms with Crippen molar-refractivity contribution < 1.29 is 16.0 Å². The van der Waals surface area contributed by atoms with Gasteiger partial charge < -0.3 is 5.73 Å². The van der Waals surface area contributed by atoms with Gasteiger partial charge >= 0.3 is 56.3 Å². The SMILES string of the molecule is N#C[S][Pt][S]C#N.NCN1CCCC1. The van der Waals surface area contributed by atoms with Gasteiger partial charge in [-0.2, -0.15) is 0 Å². The third kappa shape index (κ3) is 8.87. The molecule has 0 unspecified atom stereocenters. The Morgan fingerprint density at radius 1 is 1.21 bits per heavy atom. The summed E-state index contributed by atoms with van der Waals surface area (Å²) in [6, 6.07) is 0. The van der Waals surface area contributed by atoms with E-state index in [2.05, 4.69) is 4.90 Å². The van der Waals surface area contributed by atoms with Gasteiger partial charge in [0.15, 0.2) is 0 Å². The number of hydrogen-bond donors (Lipinski definition) is 1. The van der Waals surface area contributed by atoms with Gasteiger partial charge in [-0.1, -0.05) is 0 Å². The molecular weight excluding hydrogens is 399 g/mol. The van der Waals surface area contributed by atoms with Crippen molar-refractivity contribution in [1.29, 1.82) is 10.5 Å². The van der Waals surface area contributed by atoms with E-state index >= 15 is 0 Å². The van der Waals surface area contributed by atoms with E-state index < -0.39 is 0 Å². The molecule has 4 nitrogen and oxygen atoms in total. The fourth-order valence-corrected chi connectivity index (χ4v) is 3.67. The first kappa shape index (κ1) is 14.3. The van der Waals surface area contributed by atoms with E-state index in [4.69, 9.17) is 16.3 Å². The van der Waals surface area contributed by atoms with Gasteiger partial charge in [-0.3, -0.25) is 4.90 Å². The number of likely N-dealkylation sites (tertiary alicyclic amines) is 1. The van der Waals surface area contributed by atoms with E-state index in [1.54, 1.807) is 0 Å². The summed E-state index contributed by atoms with van der Waals surface area (Å²) in [5, 5.41) is 19.6. The standard InChI is InChI=1S/C5H12N2.2CHNS.Pt/c6-5-7-3-1-2-4-7;2*2-1-3;/h1-6H2;2*3H;/q;;;+2/p-2. The normalized spacial score (nSPS) is 15.4. The van der Waals surface area contributed by atoms with Crippen LogP contribution < -0.4 is 5.73 Å². The molecule has 1 fully saturated rings. The molecule has 1 aliphatic heterocycles. The molecule has 0 aromatic carbocycles. The molecule has 0 bridgehead atoms. The van der Waals surface area contributed by atoms with E-state index in [0.717, 1.165) is 6.67 Å². The maximum Gasteiger partial charge on any atom is 0.0455 e. The Morgan fingerprint density at radius 2 is 1.71 bits per heavy atom. The molecule has 0 radical (unpaired) electrons. The van der Waals surface area contributed by atoms with Crippen LogP contribution in [-0.2, 0) is 16.0 Å². The Labute approximate surface area is 99.1 Å². The third-order valence-corrected chi connectivity index (χ3v) is 6.76. The Kier molecular flexibility index (Phi) is 11.6. The molecule has 0 aromatic rings. The first-order valence-electron chi connectivity index (χ1n) is 3.97. The van der Waals surface area contributed by atoms with Gasteiger partial charge in [0.2, 0.25) is 0 Å². The Bertz CT molecular complexity index is 193. The van der Waals surface area contributed by atoms with Crippen LogP contribution in [0, 0.1) is 21.3 Å². The molecule has 2 N–H and O–H groups in total. The minimum absolute atomic E-state index is 0.272. The van der Waals surface area contributed by atoms with Crippen LogP contribution in [0.1, 0.15) is 12.8 Å². The van der Waals surface area contributed by atoms with E-state index in [1.807, 2.05) is 10.8 Å². The van der Waals surface area contributed by atoms with Crippen LogP contribution in [-0.4, -0.2) is 24.7 Å². The predicted octanol–water partition coefficient (Wildman–Crippen LogP) is 1.33.